The normalized spacial score (nSPS) is 23.9. The largest absolute Gasteiger partial charge is 0.383 e. The first kappa shape index (κ1) is 12.1. The van der Waals surface area contributed by atoms with Gasteiger partial charge >= 0.3 is 0 Å². The molecule has 2 rings (SSSR count). The lowest BCUT2D eigenvalue weighted by Gasteiger charge is -2.19. The highest BCUT2D eigenvalue weighted by molar-refractivity contribution is 7.95. The molecule has 0 spiro atoms. The summed E-state index contributed by atoms with van der Waals surface area (Å²) < 4.78 is 26.4. The SMILES string of the molecule is NC1=NS(=O)(=O)C(C(=O)N2CCCCCC2)=C1. The molecule has 0 aromatic carbocycles. The van der Waals surface area contributed by atoms with E-state index in [0.717, 1.165) is 31.8 Å². The maximum atomic E-state index is 12.1. The molecule has 0 aliphatic carbocycles. The van der Waals surface area contributed by atoms with E-state index in [4.69, 9.17) is 5.73 Å². The van der Waals surface area contributed by atoms with Crippen LogP contribution in [0.3, 0.4) is 0 Å². The molecule has 2 aliphatic heterocycles. The fourth-order valence-electron chi connectivity index (χ4n) is 2.02. The summed E-state index contributed by atoms with van der Waals surface area (Å²) in [7, 11) is -3.86. The molecule has 1 fully saturated rings. The number of amidine groups is 1. The molecule has 1 amide bonds. The predicted octanol–water partition coefficient (Wildman–Crippen LogP) is -0.0265. The summed E-state index contributed by atoms with van der Waals surface area (Å²) in [6.07, 6.45) is 5.12. The van der Waals surface area contributed by atoms with Gasteiger partial charge in [-0.05, 0) is 12.8 Å². The van der Waals surface area contributed by atoms with Crippen LogP contribution in [0.4, 0.5) is 0 Å². The molecule has 2 aliphatic rings. The Kier molecular flexibility index (Phi) is 3.19. The Morgan fingerprint density at radius 2 is 1.82 bits per heavy atom. The number of hydrogen-bond acceptors (Lipinski definition) is 4. The van der Waals surface area contributed by atoms with Crippen LogP contribution in [0.15, 0.2) is 15.4 Å². The van der Waals surface area contributed by atoms with Crippen LogP contribution < -0.4 is 5.73 Å². The lowest BCUT2D eigenvalue weighted by molar-refractivity contribution is -0.126. The molecule has 0 saturated carbocycles. The topological polar surface area (TPSA) is 92.8 Å². The molecule has 0 bridgehead atoms. The first-order chi connectivity index (χ1) is 8.00. The van der Waals surface area contributed by atoms with Gasteiger partial charge in [0.2, 0.25) is 0 Å². The van der Waals surface area contributed by atoms with Crippen LogP contribution in [-0.2, 0) is 14.8 Å². The molecule has 94 valence electrons. The van der Waals surface area contributed by atoms with E-state index < -0.39 is 15.9 Å². The van der Waals surface area contributed by atoms with E-state index in [1.807, 2.05) is 0 Å². The smallest absolute Gasteiger partial charge is 0.289 e. The Morgan fingerprint density at radius 3 is 2.29 bits per heavy atom. The van der Waals surface area contributed by atoms with Gasteiger partial charge < -0.3 is 10.6 Å². The van der Waals surface area contributed by atoms with Crippen LogP contribution in [0.5, 0.6) is 0 Å². The van der Waals surface area contributed by atoms with Crippen LogP contribution in [0.1, 0.15) is 25.7 Å². The third kappa shape index (κ3) is 2.49. The second-order valence-corrected chi connectivity index (χ2v) is 5.78. The molecule has 0 aromatic heterocycles. The fraction of sp³-hybridized carbons (Fsp3) is 0.600. The lowest BCUT2D eigenvalue weighted by atomic mass is 10.2. The van der Waals surface area contributed by atoms with Crippen molar-refractivity contribution in [2.75, 3.05) is 13.1 Å². The maximum absolute atomic E-state index is 12.1. The van der Waals surface area contributed by atoms with Gasteiger partial charge in [-0.3, -0.25) is 4.79 Å². The number of nitrogens with zero attached hydrogens (tertiary/aromatic N) is 2. The Balaban J connectivity index is 2.19. The van der Waals surface area contributed by atoms with Crippen LogP contribution in [0.2, 0.25) is 0 Å². The van der Waals surface area contributed by atoms with Crippen LogP contribution in [0.25, 0.3) is 0 Å². The number of sulfonamides is 1. The first-order valence-electron chi connectivity index (χ1n) is 5.62. The van der Waals surface area contributed by atoms with Gasteiger partial charge in [-0.15, -0.1) is 4.40 Å². The van der Waals surface area contributed by atoms with Crippen molar-refractivity contribution < 1.29 is 13.2 Å². The van der Waals surface area contributed by atoms with E-state index in [-0.39, 0.29) is 10.7 Å². The summed E-state index contributed by atoms with van der Waals surface area (Å²) in [5.74, 6) is -0.598. The molecule has 1 saturated heterocycles. The van der Waals surface area contributed by atoms with Crippen LogP contribution in [-0.4, -0.2) is 38.2 Å². The van der Waals surface area contributed by atoms with E-state index in [1.54, 1.807) is 4.90 Å². The van der Waals surface area contributed by atoms with E-state index >= 15 is 0 Å². The van der Waals surface area contributed by atoms with Crippen molar-refractivity contribution in [3.05, 3.63) is 11.0 Å². The molecule has 2 N–H and O–H groups in total. The highest BCUT2D eigenvalue weighted by Crippen LogP contribution is 2.20. The standard InChI is InChI=1S/C10H15N3O3S/c11-9-7-8(17(15,16)12-9)10(14)13-5-3-1-2-4-6-13/h7H,1-6H2,(H2,11,12). The highest BCUT2D eigenvalue weighted by atomic mass is 32.2. The van der Waals surface area contributed by atoms with Crippen molar-refractivity contribution in [1.82, 2.24) is 4.90 Å². The van der Waals surface area contributed by atoms with Gasteiger partial charge in [0.1, 0.15) is 5.84 Å². The summed E-state index contributed by atoms with van der Waals surface area (Å²) in [5, 5.41) is 0. The summed E-state index contributed by atoms with van der Waals surface area (Å²) >= 11 is 0. The molecule has 0 aromatic rings. The number of carbonyl (C=O) groups excluding carboxylic acids is 1. The van der Waals surface area contributed by atoms with Gasteiger partial charge in [0.25, 0.3) is 15.9 Å². The van der Waals surface area contributed by atoms with Crippen molar-refractivity contribution >= 4 is 21.8 Å². The number of nitrogens with two attached hydrogens (primary N) is 1. The van der Waals surface area contributed by atoms with E-state index in [2.05, 4.69) is 4.40 Å². The van der Waals surface area contributed by atoms with Gasteiger partial charge in [-0.25, -0.2) is 0 Å². The monoisotopic (exact) mass is 257 g/mol. The minimum Gasteiger partial charge on any atom is -0.383 e. The zero-order valence-electron chi connectivity index (χ0n) is 9.42. The zero-order valence-corrected chi connectivity index (χ0v) is 10.2. The number of hydrogen-bond donors (Lipinski definition) is 1. The average Bonchev–Trinajstić information content (AvgIpc) is 2.47. The maximum Gasteiger partial charge on any atom is 0.289 e. The minimum absolute atomic E-state index is 0.122. The average molecular weight is 257 g/mol. The second-order valence-electron chi connectivity index (χ2n) is 4.21. The number of amides is 1. The fourth-order valence-corrected chi connectivity index (χ4v) is 3.07. The van der Waals surface area contributed by atoms with Gasteiger partial charge in [-0.2, -0.15) is 8.42 Å². The molecular weight excluding hydrogens is 242 g/mol. The summed E-state index contributed by atoms with van der Waals surface area (Å²) in [6.45, 7) is 1.21. The molecule has 0 unspecified atom stereocenters. The predicted molar refractivity (Wildman–Crippen MR) is 63.7 cm³/mol. The number of rotatable bonds is 1. The van der Waals surface area contributed by atoms with Crippen LogP contribution in [0, 0.1) is 0 Å². The van der Waals surface area contributed by atoms with Gasteiger partial charge in [0.15, 0.2) is 4.91 Å². The molecule has 7 heteroatoms. The van der Waals surface area contributed by atoms with E-state index in [0.29, 0.717) is 13.1 Å². The summed E-state index contributed by atoms with van der Waals surface area (Å²) in [4.78, 5) is 13.3. The minimum atomic E-state index is -3.86. The summed E-state index contributed by atoms with van der Waals surface area (Å²) in [6, 6.07) is 0. The van der Waals surface area contributed by atoms with Crippen molar-refractivity contribution in [2.45, 2.75) is 25.7 Å². The number of likely N-dealkylation sites (tertiary alicyclic amines) is 1. The number of carbonyl (C=O) groups is 1. The van der Waals surface area contributed by atoms with Gasteiger partial charge in [0, 0.05) is 19.2 Å². The Hall–Kier alpha value is -1.37. The van der Waals surface area contributed by atoms with E-state index in [1.165, 1.54) is 0 Å². The Morgan fingerprint density at radius 1 is 1.24 bits per heavy atom. The molecule has 2 heterocycles. The third-order valence-electron chi connectivity index (χ3n) is 2.89. The summed E-state index contributed by atoms with van der Waals surface area (Å²) in [5.41, 5.74) is 5.32. The molecular formula is C10H15N3O3S. The third-order valence-corrected chi connectivity index (χ3v) is 4.19. The zero-order chi connectivity index (χ0) is 12.5. The molecule has 6 nitrogen and oxygen atoms in total. The molecule has 17 heavy (non-hydrogen) atoms. The van der Waals surface area contributed by atoms with E-state index in [9.17, 15) is 13.2 Å². The molecule has 0 radical (unpaired) electrons. The molecule has 0 atom stereocenters. The van der Waals surface area contributed by atoms with Gasteiger partial charge in [0.05, 0.1) is 0 Å². The van der Waals surface area contributed by atoms with Crippen molar-refractivity contribution in [2.24, 2.45) is 10.1 Å². The van der Waals surface area contributed by atoms with Crippen molar-refractivity contribution in [3.8, 4) is 0 Å². The van der Waals surface area contributed by atoms with Gasteiger partial charge in [-0.1, -0.05) is 12.8 Å². The lowest BCUT2D eigenvalue weighted by Crippen LogP contribution is -2.34. The van der Waals surface area contributed by atoms with Crippen molar-refractivity contribution in [3.63, 3.8) is 0 Å². The Labute approximate surface area is 100 Å². The highest BCUT2D eigenvalue weighted by Gasteiger charge is 2.32. The quantitative estimate of drug-likeness (QED) is 0.714. The second kappa shape index (κ2) is 4.48. The van der Waals surface area contributed by atoms with Crippen LogP contribution >= 0.6 is 0 Å². The van der Waals surface area contributed by atoms with Crippen molar-refractivity contribution in [1.29, 1.82) is 0 Å². The first-order valence-corrected chi connectivity index (χ1v) is 7.06. The Bertz CT molecular complexity index is 485.